The maximum atomic E-state index is 6.02. The number of ether oxygens (including phenoxy) is 2. The standard InChI is InChI=1S/C13H17N3O2S.HI/c14-13(16-3-5-19-6-4-16)15-8-10-1-2-11-12(7-10)18-9-17-11;/h1-2,7H,3-6,8-9H2,(H2,14,15);1H. The van der Waals surface area contributed by atoms with Crippen molar-refractivity contribution in [3.63, 3.8) is 0 Å². The molecular weight excluding hydrogens is 389 g/mol. The van der Waals surface area contributed by atoms with Crippen molar-refractivity contribution in [1.82, 2.24) is 4.90 Å². The SMILES string of the molecule is I.NC(=NCc1ccc2c(c1)OCO2)N1CCSCC1. The molecule has 2 aliphatic rings. The predicted molar refractivity (Wildman–Crippen MR) is 92.2 cm³/mol. The molecule has 0 aliphatic carbocycles. The number of rotatable bonds is 2. The summed E-state index contributed by atoms with van der Waals surface area (Å²) in [5.41, 5.74) is 7.10. The number of hydrogen-bond donors (Lipinski definition) is 1. The molecule has 2 heterocycles. The lowest BCUT2D eigenvalue weighted by Crippen LogP contribution is -2.42. The second-order valence-corrected chi connectivity index (χ2v) is 5.69. The minimum atomic E-state index is 0. The van der Waals surface area contributed by atoms with E-state index in [4.69, 9.17) is 15.2 Å². The zero-order chi connectivity index (χ0) is 13.1. The van der Waals surface area contributed by atoms with E-state index in [-0.39, 0.29) is 24.0 Å². The predicted octanol–water partition coefficient (Wildman–Crippen LogP) is 1.90. The molecule has 0 amide bonds. The Labute approximate surface area is 139 Å². The fourth-order valence-corrected chi connectivity index (χ4v) is 3.01. The Morgan fingerprint density at radius 2 is 2.00 bits per heavy atom. The van der Waals surface area contributed by atoms with Crippen LogP contribution in [0.25, 0.3) is 0 Å². The summed E-state index contributed by atoms with van der Waals surface area (Å²) in [6, 6.07) is 5.88. The number of thioether (sulfide) groups is 1. The van der Waals surface area contributed by atoms with Crippen LogP contribution in [0.2, 0.25) is 0 Å². The highest BCUT2D eigenvalue weighted by Gasteiger charge is 2.14. The first-order valence-electron chi connectivity index (χ1n) is 6.34. The molecule has 0 unspecified atom stereocenters. The largest absolute Gasteiger partial charge is 0.454 e. The molecule has 0 spiro atoms. The van der Waals surface area contributed by atoms with Crippen LogP contribution in [-0.4, -0.2) is 42.2 Å². The summed E-state index contributed by atoms with van der Waals surface area (Å²) < 4.78 is 10.6. The summed E-state index contributed by atoms with van der Waals surface area (Å²) in [5.74, 6) is 4.48. The van der Waals surface area contributed by atoms with Crippen LogP contribution >= 0.6 is 35.7 Å². The number of aliphatic imine (C=N–C) groups is 1. The molecule has 1 aromatic rings. The first-order chi connectivity index (χ1) is 9.33. The van der Waals surface area contributed by atoms with Gasteiger partial charge < -0.3 is 20.1 Å². The monoisotopic (exact) mass is 407 g/mol. The number of benzene rings is 1. The Hall–Kier alpha value is -0.830. The van der Waals surface area contributed by atoms with Crippen LogP contribution in [0.15, 0.2) is 23.2 Å². The highest BCUT2D eigenvalue weighted by atomic mass is 127. The van der Waals surface area contributed by atoms with Gasteiger partial charge in [-0.05, 0) is 17.7 Å². The minimum Gasteiger partial charge on any atom is -0.454 e. The van der Waals surface area contributed by atoms with Crippen molar-refractivity contribution >= 4 is 41.7 Å². The molecule has 2 aliphatic heterocycles. The van der Waals surface area contributed by atoms with Crippen molar-refractivity contribution in [2.75, 3.05) is 31.4 Å². The van der Waals surface area contributed by atoms with Crippen LogP contribution in [0.3, 0.4) is 0 Å². The summed E-state index contributed by atoms with van der Waals surface area (Å²) in [4.78, 5) is 6.60. The van der Waals surface area contributed by atoms with Crippen LogP contribution in [0.1, 0.15) is 5.56 Å². The van der Waals surface area contributed by atoms with E-state index in [1.165, 1.54) is 0 Å². The zero-order valence-corrected chi connectivity index (χ0v) is 14.2. The lowest BCUT2D eigenvalue weighted by atomic mass is 10.2. The van der Waals surface area contributed by atoms with Crippen LogP contribution < -0.4 is 15.2 Å². The highest BCUT2D eigenvalue weighted by Crippen LogP contribution is 2.32. The average molecular weight is 407 g/mol. The topological polar surface area (TPSA) is 60.1 Å². The molecule has 1 aromatic carbocycles. The first kappa shape index (κ1) is 15.6. The van der Waals surface area contributed by atoms with Crippen LogP contribution in [0.4, 0.5) is 0 Å². The fourth-order valence-electron chi connectivity index (χ4n) is 2.10. The number of nitrogens with two attached hydrogens (primary N) is 1. The molecule has 0 bridgehead atoms. The number of halogens is 1. The molecule has 0 radical (unpaired) electrons. The molecule has 1 fully saturated rings. The van der Waals surface area contributed by atoms with Crippen molar-refractivity contribution in [3.05, 3.63) is 23.8 Å². The summed E-state index contributed by atoms with van der Waals surface area (Å²) in [5, 5.41) is 0. The van der Waals surface area contributed by atoms with Gasteiger partial charge in [0.2, 0.25) is 6.79 Å². The van der Waals surface area contributed by atoms with Crippen molar-refractivity contribution in [2.45, 2.75) is 6.54 Å². The molecule has 5 nitrogen and oxygen atoms in total. The van der Waals surface area contributed by atoms with Crippen LogP contribution in [0, 0.1) is 0 Å². The fraction of sp³-hybridized carbons (Fsp3) is 0.462. The number of guanidine groups is 1. The zero-order valence-electron chi connectivity index (χ0n) is 11.1. The molecule has 2 N–H and O–H groups in total. The first-order valence-corrected chi connectivity index (χ1v) is 7.49. The third-order valence-electron chi connectivity index (χ3n) is 3.20. The quantitative estimate of drug-likeness (QED) is 0.461. The maximum Gasteiger partial charge on any atom is 0.231 e. The molecule has 0 saturated carbocycles. The normalized spacial score (nSPS) is 17.8. The molecule has 7 heteroatoms. The van der Waals surface area contributed by atoms with Crippen molar-refractivity contribution < 1.29 is 9.47 Å². The minimum absolute atomic E-state index is 0. The van der Waals surface area contributed by atoms with Gasteiger partial charge in [-0.15, -0.1) is 24.0 Å². The molecule has 0 aromatic heterocycles. The smallest absolute Gasteiger partial charge is 0.231 e. The molecule has 1 saturated heterocycles. The van der Waals surface area contributed by atoms with Gasteiger partial charge in [-0.25, -0.2) is 4.99 Å². The van der Waals surface area contributed by atoms with Gasteiger partial charge in [0.25, 0.3) is 0 Å². The van der Waals surface area contributed by atoms with Crippen LogP contribution in [0.5, 0.6) is 11.5 Å². The summed E-state index contributed by atoms with van der Waals surface area (Å²) in [6.45, 7) is 2.85. The van der Waals surface area contributed by atoms with Gasteiger partial charge in [-0.1, -0.05) is 6.07 Å². The molecular formula is C13H18IN3O2S. The lowest BCUT2D eigenvalue weighted by Gasteiger charge is -2.27. The van der Waals surface area contributed by atoms with E-state index in [0.29, 0.717) is 19.3 Å². The van der Waals surface area contributed by atoms with E-state index in [0.717, 1.165) is 41.7 Å². The van der Waals surface area contributed by atoms with Crippen molar-refractivity contribution in [3.8, 4) is 11.5 Å². The van der Waals surface area contributed by atoms with E-state index in [2.05, 4.69) is 9.89 Å². The van der Waals surface area contributed by atoms with Crippen molar-refractivity contribution in [1.29, 1.82) is 0 Å². The Bertz CT molecular complexity index is 493. The van der Waals surface area contributed by atoms with Gasteiger partial charge in [0.15, 0.2) is 17.5 Å². The van der Waals surface area contributed by atoms with Crippen LogP contribution in [-0.2, 0) is 6.54 Å². The van der Waals surface area contributed by atoms with Crippen molar-refractivity contribution in [2.24, 2.45) is 10.7 Å². The number of nitrogens with zero attached hydrogens (tertiary/aromatic N) is 2. The molecule has 3 rings (SSSR count). The van der Waals surface area contributed by atoms with Gasteiger partial charge in [-0.2, -0.15) is 11.8 Å². The summed E-state index contributed by atoms with van der Waals surface area (Å²) >= 11 is 1.96. The van der Waals surface area contributed by atoms with Gasteiger partial charge >= 0.3 is 0 Å². The van der Waals surface area contributed by atoms with Gasteiger partial charge in [-0.3, -0.25) is 0 Å². The van der Waals surface area contributed by atoms with E-state index in [1.807, 2.05) is 30.0 Å². The Kier molecular flexibility index (Phi) is 5.64. The second-order valence-electron chi connectivity index (χ2n) is 4.46. The highest BCUT2D eigenvalue weighted by molar-refractivity contribution is 14.0. The molecule has 20 heavy (non-hydrogen) atoms. The van der Waals surface area contributed by atoms with Gasteiger partial charge in [0.05, 0.1) is 6.54 Å². The molecule has 110 valence electrons. The van der Waals surface area contributed by atoms with E-state index in [9.17, 15) is 0 Å². The van der Waals surface area contributed by atoms with Gasteiger partial charge in [0.1, 0.15) is 0 Å². The number of fused-ring (bicyclic) bond motifs is 1. The Morgan fingerprint density at radius 1 is 1.25 bits per heavy atom. The third kappa shape index (κ3) is 3.63. The summed E-state index contributed by atoms with van der Waals surface area (Å²) in [6.07, 6.45) is 0. The third-order valence-corrected chi connectivity index (χ3v) is 4.14. The summed E-state index contributed by atoms with van der Waals surface area (Å²) in [7, 11) is 0. The maximum absolute atomic E-state index is 6.02. The number of hydrogen-bond acceptors (Lipinski definition) is 4. The van der Waals surface area contributed by atoms with E-state index in [1.54, 1.807) is 0 Å². The lowest BCUT2D eigenvalue weighted by molar-refractivity contribution is 0.174. The van der Waals surface area contributed by atoms with E-state index >= 15 is 0 Å². The molecule has 0 atom stereocenters. The van der Waals surface area contributed by atoms with E-state index < -0.39 is 0 Å². The average Bonchev–Trinajstić information content (AvgIpc) is 2.93. The van der Waals surface area contributed by atoms with Gasteiger partial charge in [0, 0.05) is 24.6 Å². The Balaban J connectivity index is 0.00000147. The second kappa shape index (κ2) is 7.26. The Morgan fingerprint density at radius 3 is 2.80 bits per heavy atom.